The van der Waals surface area contributed by atoms with Crippen molar-refractivity contribution in [2.45, 2.75) is 38.8 Å². The molecule has 0 saturated carbocycles. The van der Waals surface area contributed by atoms with Crippen LogP contribution in [-0.2, 0) is 6.54 Å². The number of rotatable bonds is 3. The molecule has 3 heterocycles. The minimum atomic E-state index is 0.488. The molecule has 1 atom stereocenters. The van der Waals surface area contributed by atoms with Gasteiger partial charge in [0.1, 0.15) is 0 Å². The molecule has 0 spiro atoms. The average Bonchev–Trinajstić information content (AvgIpc) is 3.00. The maximum absolute atomic E-state index is 4.33. The molecular formula is C14H19N3S. The summed E-state index contributed by atoms with van der Waals surface area (Å²) in [5, 5.41) is 3.60. The quantitative estimate of drug-likeness (QED) is 0.920. The first-order valence-electron chi connectivity index (χ1n) is 6.61. The minimum Gasteiger partial charge on any atom is -0.328 e. The van der Waals surface area contributed by atoms with E-state index in [1.54, 1.807) is 0 Å². The molecule has 0 bridgehead atoms. The highest BCUT2D eigenvalue weighted by Crippen LogP contribution is 2.24. The molecule has 1 aliphatic heterocycles. The number of nitrogens with one attached hydrogen (secondary N) is 1. The van der Waals surface area contributed by atoms with E-state index >= 15 is 0 Å². The maximum atomic E-state index is 4.33. The van der Waals surface area contributed by atoms with Crippen molar-refractivity contribution in [1.29, 1.82) is 0 Å². The van der Waals surface area contributed by atoms with E-state index in [0.717, 1.165) is 13.1 Å². The lowest BCUT2D eigenvalue weighted by molar-refractivity contribution is 0.396. The Morgan fingerprint density at radius 1 is 1.44 bits per heavy atom. The van der Waals surface area contributed by atoms with Gasteiger partial charge in [0.15, 0.2) is 0 Å². The third kappa shape index (κ3) is 2.49. The van der Waals surface area contributed by atoms with E-state index in [9.17, 15) is 0 Å². The fraction of sp³-hybridized carbons (Fsp3) is 0.500. The van der Waals surface area contributed by atoms with Gasteiger partial charge in [0.05, 0.1) is 18.6 Å². The van der Waals surface area contributed by atoms with Crippen molar-refractivity contribution < 1.29 is 0 Å². The predicted octanol–water partition coefficient (Wildman–Crippen LogP) is 3.12. The highest BCUT2D eigenvalue weighted by Gasteiger charge is 2.18. The van der Waals surface area contributed by atoms with Crippen molar-refractivity contribution in [3.05, 3.63) is 40.1 Å². The van der Waals surface area contributed by atoms with Gasteiger partial charge in [0.25, 0.3) is 0 Å². The van der Waals surface area contributed by atoms with E-state index in [-0.39, 0.29) is 0 Å². The zero-order valence-corrected chi connectivity index (χ0v) is 11.5. The van der Waals surface area contributed by atoms with E-state index in [0.29, 0.717) is 6.04 Å². The molecular weight excluding hydrogens is 242 g/mol. The summed E-state index contributed by atoms with van der Waals surface area (Å²) in [6.07, 6.45) is 7.83. The molecule has 3 rings (SSSR count). The Bertz CT molecular complexity index is 509. The lowest BCUT2D eigenvalue weighted by Gasteiger charge is -2.24. The number of nitrogens with zero attached hydrogens (tertiary/aromatic N) is 2. The van der Waals surface area contributed by atoms with Crippen molar-refractivity contribution >= 4 is 11.3 Å². The zero-order valence-electron chi connectivity index (χ0n) is 10.7. The SMILES string of the molecule is Cc1ccc(Cn2cncc2C2CCCCN2)s1. The Labute approximate surface area is 112 Å². The van der Waals surface area contributed by atoms with Crippen LogP contribution in [0.25, 0.3) is 0 Å². The van der Waals surface area contributed by atoms with Gasteiger partial charge in [-0.1, -0.05) is 6.42 Å². The second kappa shape index (κ2) is 5.24. The van der Waals surface area contributed by atoms with Gasteiger partial charge >= 0.3 is 0 Å². The lowest BCUT2D eigenvalue weighted by atomic mass is 10.0. The van der Waals surface area contributed by atoms with Crippen molar-refractivity contribution in [3.63, 3.8) is 0 Å². The number of imidazole rings is 1. The first kappa shape index (κ1) is 11.9. The maximum Gasteiger partial charge on any atom is 0.0952 e. The molecule has 1 N–H and O–H groups in total. The molecule has 2 aromatic heterocycles. The van der Waals surface area contributed by atoms with Crippen molar-refractivity contribution in [3.8, 4) is 0 Å². The van der Waals surface area contributed by atoms with Gasteiger partial charge in [-0.15, -0.1) is 11.3 Å². The Hall–Kier alpha value is -1.13. The number of thiophene rings is 1. The van der Waals surface area contributed by atoms with E-state index in [1.807, 2.05) is 23.9 Å². The van der Waals surface area contributed by atoms with E-state index in [2.05, 4.69) is 33.9 Å². The van der Waals surface area contributed by atoms with Crippen molar-refractivity contribution in [2.24, 2.45) is 0 Å². The molecule has 0 aliphatic carbocycles. The first-order chi connectivity index (χ1) is 8.83. The summed E-state index contributed by atoms with van der Waals surface area (Å²) < 4.78 is 2.29. The van der Waals surface area contributed by atoms with Gasteiger partial charge in [-0.3, -0.25) is 0 Å². The molecule has 2 aromatic rings. The van der Waals surface area contributed by atoms with Gasteiger partial charge in [-0.2, -0.15) is 0 Å². The van der Waals surface area contributed by atoms with Gasteiger partial charge in [-0.25, -0.2) is 4.98 Å². The zero-order chi connectivity index (χ0) is 12.4. The van der Waals surface area contributed by atoms with E-state index < -0.39 is 0 Å². The molecule has 96 valence electrons. The number of piperidine rings is 1. The third-order valence-corrected chi connectivity index (χ3v) is 4.52. The van der Waals surface area contributed by atoms with Crippen LogP contribution in [0.15, 0.2) is 24.7 Å². The molecule has 4 heteroatoms. The largest absolute Gasteiger partial charge is 0.328 e. The van der Waals surface area contributed by atoms with Crippen LogP contribution in [0.2, 0.25) is 0 Å². The molecule has 0 radical (unpaired) electrons. The number of hydrogen-bond donors (Lipinski definition) is 1. The second-order valence-electron chi connectivity index (χ2n) is 4.96. The Morgan fingerprint density at radius 3 is 3.11 bits per heavy atom. The Balaban J connectivity index is 1.78. The van der Waals surface area contributed by atoms with E-state index in [4.69, 9.17) is 0 Å². The molecule has 1 unspecified atom stereocenters. The standard InChI is InChI=1S/C14H19N3S/c1-11-5-6-12(18-11)9-17-10-15-8-14(17)13-4-2-3-7-16-13/h5-6,8,10,13,16H,2-4,7,9H2,1H3. The molecule has 1 saturated heterocycles. The molecule has 1 aliphatic rings. The molecule has 1 fully saturated rings. The average molecular weight is 261 g/mol. The lowest BCUT2D eigenvalue weighted by Crippen LogP contribution is -2.28. The monoisotopic (exact) mass is 261 g/mol. The third-order valence-electron chi connectivity index (χ3n) is 3.53. The predicted molar refractivity (Wildman–Crippen MR) is 75.0 cm³/mol. The van der Waals surface area contributed by atoms with Gasteiger partial charge in [-0.05, 0) is 38.4 Å². The highest BCUT2D eigenvalue weighted by atomic mass is 32.1. The van der Waals surface area contributed by atoms with Crippen molar-refractivity contribution in [2.75, 3.05) is 6.54 Å². The minimum absolute atomic E-state index is 0.488. The van der Waals surface area contributed by atoms with Gasteiger partial charge in [0, 0.05) is 22.0 Å². The molecule has 0 aromatic carbocycles. The summed E-state index contributed by atoms with van der Waals surface area (Å²) in [6.45, 7) is 4.24. The molecule has 18 heavy (non-hydrogen) atoms. The smallest absolute Gasteiger partial charge is 0.0952 e. The van der Waals surface area contributed by atoms with Crippen LogP contribution < -0.4 is 5.32 Å². The fourth-order valence-electron chi connectivity index (χ4n) is 2.60. The molecule has 3 nitrogen and oxygen atoms in total. The summed E-state index contributed by atoms with van der Waals surface area (Å²) in [6, 6.07) is 4.90. The van der Waals surface area contributed by atoms with Gasteiger partial charge < -0.3 is 9.88 Å². The fourth-order valence-corrected chi connectivity index (χ4v) is 3.48. The normalized spacial score (nSPS) is 20.2. The molecule has 0 amide bonds. The van der Waals surface area contributed by atoms with E-state index in [1.165, 1.54) is 34.7 Å². The summed E-state index contributed by atoms with van der Waals surface area (Å²) in [7, 11) is 0. The van der Waals surface area contributed by atoms with Crippen LogP contribution >= 0.6 is 11.3 Å². The van der Waals surface area contributed by atoms with Crippen LogP contribution in [0.1, 0.15) is 40.8 Å². The highest BCUT2D eigenvalue weighted by molar-refractivity contribution is 7.11. The number of hydrogen-bond acceptors (Lipinski definition) is 3. The summed E-state index contributed by atoms with van der Waals surface area (Å²) in [4.78, 5) is 7.11. The number of aryl methyl sites for hydroxylation is 1. The van der Waals surface area contributed by atoms with Crippen LogP contribution in [0, 0.1) is 6.92 Å². The Kier molecular flexibility index (Phi) is 3.48. The van der Waals surface area contributed by atoms with Gasteiger partial charge in [0.2, 0.25) is 0 Å². The topological polar surface area (TPSA) is 29.9 Å². The summed E-state index contributed by atoms with van der Waals surface area (Å²) >= 11 is 1.87. The second-order valence-corrected chi connectivity index (χ2v) is 6.33. The summed E-state index contributed by atoms with van der Waals surface area (Å²) in [5.41, 5.74) is 1.33. The summed E-state index contributed by atoms with van der Waals surface area (Å²) in [5.74, 6) is 0. The van der Waals surface area contributed by atoms with Crippen LogP contribution in [-0.4, -0.2) is 16.1 Å². The van der Waals surface area contributed by atoms with Crippen LogP contribution in [0.5, 0.6) is 0 Å². The Morgan fingerprint density at radius 2 is 2.39 bits per heavy atom. The van der Waals surface area contributed by atoms with Crippen LogP contribution in [0.4, 0.5) is 0 Å². The first-order valence-corrected chi connectivity index (χ1v) is 7.43. The van der Waals surface area contributed by atoms with Crippen LogP contribution in [0.3, 0.4) is 0 Å². The van der Waals surface area contributed by atoms with Crippen molar-refractivity contribution in [1.82, 2.24) is 14.9 Å². The number of aromatic nitrogens is 2.